The number of nitrogens with two attached hydrogens (primary N) is 1. The molecule has 4 aromatic rings. The monoisotopic (exact) mass is 378 g/mol. The molecule has 28 heavy (non-hydrogen) atoms. The minimum atomic E-state index is -0.486. The molecule has 1 unspecified atom stereocenters. The SMILES string of the molecule is Cc1n[nH]cc1-c1cnc(N)c(OC(C)c2cc(F)ccc2-n2cccn2)c1. The number of aromatic amines is 1. The number of pyridine rings is 1. The summed E-state index contributed by atoms with van der Waals surface area (Å²) in [5, 5.41) is 11.2. The molecular weight excluding hydrogens is 359 g/mol. The number of aromatic nitrogens is 5. The van der Waals surface area contributed by atoms with E-state index in [4.69, 9.17) is 10.5 Å². The van der Waals surface area contributed by atoms with Crippen LogP contribution in [0.1, 0.15) is 24.3 Å². The Hall–Kier alpha value is -3.68. The summed E-state index contributed by atoms with van der Waals surface area (Å²) >= 11 is 0. The number of nitrogens with one attached hydrogen (secondary N) is 1. The van der Waals surface area contributed by atoms with Crippen LogP contribution in [0.25, 0.3) is 16.8 Å². The molecule has 1 aromatic carbocycles. The van der Waals surface area contributed by atoms with E-state index in [1.54, 1.807) is 41.6 Å². The molecule has 0 spiro atoms. The number of anilines is 1. The number of nitrogen functional groups attached to an aromatic ring is 1. The van der Waals surface area contributed by atoms with Crippen LogP contribution in [0.3, 0.4) is 0 Å². The number of halogens is 1. The molecule has 0 saturated heterocycles. The first kappa shape index (κ1) is 17.7. The van der Waals surface area contributed by atoms with E-state index in [9.17, 15) is 4.39 Å². The number of hydrogen-bond donors (Lipinski definition) is 2. The fourth-order valence-corrected chi connectivity index (χ4v) is 3.07. The number of nitrogens with zero attached hydrogens (tertiary/aromatic N) is 4. The molecule has 3 N–H and O–H groups in total. The van der Waals surface area contributed by atoms with E-state index < -0.39 is 6.10 Å². The van der Waals surface area contributed by atoms with Gasteiger partial charge in [-0.25, -0.2) is 14.1 Å². The summed E-state index contributed by atoms with van der Waals surface area (Å²) in [7, 11) is 0. The lowest BCUT2D eigenvalue weighted by atomic mass is 10.1. The van der Waals surface area contributed by atoms with Gasteiger partial charge in [0.25, 0.3) is 0 Å². The van der Waals surface area contributed by atoms with Crippen molar-refractivity contribution >= 4 is 5.82 Å². The van der Waals surface area contributed by atoms with E-state index in [0.29, 0.717) is 11.3 Å². The van der Waals surface area contributed by atoms with Crippen LogP contribution in [0.2, 0.25) is 0 Å². The van der Waals surface area contributed by atoms with Gasteiger partial charge in [-0.05, 0) is 44.2 Å². The van der Waals surface area contributed by atoms with Crippen LogP contribution < -0.4 is 10.5 Å². The molecule has 4 rings (SSSR count). The van der Waals surface area contributed by atoms with Crippen LogP contribution in [0.4, 0.5) is 10.2 Å². The average molecular weight is 378 g/mol. The lowest BCUT2D eigenvalue weighted by Crippen LogP contribution is -2.10. The highest BCUT2D eigenvalue weighted by Crippen LogP contribution is 2.33. The zero-order valence-corrected chi connectivity index (χ0v) is 15.4. The van der Waals surface area contributed by atoms with Gasteiger partial charge in [0.15, 0.2) is 11.6 Å². The van der Waals surface area contributed by atoms with Gasteiger partial charge in [0.1, 0.15) is 11.9 Å². The van der Waals surface area contributed by atoms with Gasteiger partial charge in [0, 0.05) is 41.5 Å². The number of aryl methyl sites for hydroxylation is 1. The first-order chi connectivity index (χ1) is 13.5. The Kier molecular flexibility index (Phi) is 4.52. The molecule has 0 saturated carbocycles. The van der Waals surface area contributed by atoms with Gasteiger partial charge in [0.05, 0.1) is 11.4 Å². The Morgan fingerprint density at radius 3 is 2.86 bits per heavy atom. The molecule has 0 amide bonds. The molecule has 1 atom stereocenters. The summed E-state index contributed by atoms with van der Waals surface area (Å²) in [6, 6.07) is 8.12. The quantitative estimate of drug-likeness (QED) is 0.550. The number of hydrogen-bond acceptors (Lipinski definition) is 5. The summed E-state index contributed by atoms with van der Waals surface area (Å²) in [5.41, 5.74) is 9.98. The minimum absolute atomic E-state index is 0.258. The molecule has 3 aromatic heterocycles. The Morgan fingerprint density at radius 1 is 1.29 bits per heavy atom. The molecule has 0 fully saturated rings. The lowest BCUT2D eigenvalue weighted by molar-refractivity contribution is 0.227. The van der Waals surface area contributed by atoms with Crippen molar-refractivity contribution in [2.24, 2.45) is 0 Å². The molecule has 142 valence electrons. The van der Waals surface area contributed by atoms with Crippen molar-refractivity contribution in [3.8, 4) is 22.6 Å². The Labute approximate surface area is 161 Å². The summed E-state index contributed by atoms with van der Waals surface area (Å²) in [6.07, 6.45) is 6.43. The summed E-state index contributed by atoms with van der Waals surface area (Å²) < 4.78 is 21.7. The second-order valence-corrected chi connectivity index (χ2v) is 6.41. The van der Waals surface area contributed by atoms with Crippen molar-refractivity contribution in [2.75, 3.05) is 5.73 Å². The highest BCUT2D eigenvalue weighted by Gasteiger charge is 2.18. The van der Waals surface area contributed by atoms with Crippen LogP contribution in [0, 0.1) is 12.7 Å². The first-order valence-electron chi connectivity index (χ1n) is 8.75. The molecule has 0 aliphatic heterocycles. The second-order valence-electron chi connectivity index (χ2n) is 6.41. The zero-order valence-electron chi connectivity index (χ0n) is 15.4. The molecule has 3 heterocycles. The van der Waals surface area contributed by atoms with E-state index >= 15 is 0 Å². The topological polar surface area (TPSA) is 94.6 Å². The van der Waals surface area contributed by atoms with Crippen LogP contribution in [-0.4, -0.2) is 25.0 Å². The average Bonchev–Trinajstić information content (AvgIpc) is 3.35. The third kappa shape index (κ3) is 3.32. The maximum absolute atomic E-state index is 13.9. The van der Waals surface area contributed by atoms with E-state index in [2.05, 4.69) is 20.3 Å². The van der Waals surface area contributed by atoms with Gasteiger partial charge < -0.3 is 10.5 Å². The molecule has 8 heteroatoms. The van der Waals surface area contributed by atoms with Crippen molar-refractivity contribution in [3.05, 3.63) is 72.2 Å². The maximum Gasteiger partial charge on any atom is 0.166 e. The van der Waals surface area contributed by atoms with Gasteiger partial charge >= 0.3 is 0 Å². The van der Waals surface area contributed by atoms with Crippen molar-refractivity contribution < 1.29 is 9.13 Å². The van der Waals surface area contributed by atoms with Gasteiger partial charge in [-0.2, -0.15) is 10.2 Å². The van der Waals surface area contributed by atoms with Crippen LogP contribution in [0.5, 0.6) is 5.75 Å². The fourth-order valence-electron chi connectivity index (χ4n) is 3.07. The van der Waals surface area contributed by atoms with Crippen LogP contribution in [-0.2, 0) is 0 Å². The molecular formula is C20H19FN6O. The Bertz CT molecular complexity index is 1110. The second kappa shape index (κ2) is 7.15. The third-order valence-electron chi connectivity index (χ3n) is 4.51. The van der Waals surface area contributed by atoms with E-state index in [1.165, 1.54) is 12.1 Å². The van der Waals surface area contributed by atoms with Gasteiger partial charge in [-0.1, -0.05) is 0 Å². The molecule has 0 aliphatic carbocycles. The minimum Gasteiger partial charge on any atom is -0.482 e. The van der Waals surface area contributed by atoms with Gasteiger partial charge in [-0.3, -0.25) is 5.10 Å². The summed E-state index contributed by atoms with van der Waals surface area (Å²) in [4.78, 5) is 4.23. The van der Waals surface area contributed by atoms with Gasteiger partial charge in [-0.15, -0.1) is 0 Å². The summed E-state index contributed by atoms with van der Waals surface area (Å²) in [6.45, 7) is 3.73. The van der Waals surface area contributed by atoms with Crippen LogP contribution >= 0.6 is 0 Å². The molecule has 0 aliphatic rings. The molecule has 7 nitrogen and oxygen atoms in total. The third-order valence-corrected chi connectivity index (χ3v) is 4.51. The standard InChI is InChI=1S/C20H19FN6O/c1-12-17(11-24-26-12)14-8-19(20(22)23-10-14)28-13(2)16-9-15(21)4-5-18(16)27-7-3-6-25-27/h3-11,13H,1-2H3,(H2,22,23)(H,24,26). The highest BCUT2D eigenvalue weighted by molar-refractivity contribution is 5.68. The number of benzene rings is 1. The van der Waals surface area contributed by atoms with Crippen molar-refractivity contribution in [1.29, 1.82) is 0 Å². The fraction of sp³-hybridized carbons (Fsp3) is 0.150. The predicted molar refractivity (Wildman–Crippen MR) is 104 cm³/mol. The van der Waals surface area contributed by atoms with Crippen molar-refractivity contribution in [1.82, 2.24) is 25.0 Å². The Morgan fingerprint density at radius 2 is 2.14 bits per heavy atom. The number of H-pyrrole nitrogens is 1. The smallest absolute Gasteiger partial charge is 0.166 e. The Balaban J connectivity index is 1.69. The molecule has 0 radical (unpaired) electrons. The van der Waals surface area contributed by atoms with E-state index in [1.807, 2.05) is 19.9 Å². The van der Waals surface area contributed by atoms with E-state index in [-0.39, 0.29) is 11.6 Å². The predicted octanol–water partition coefficient (Wildman–Crippen LogP) is 3.83. The normalized spacial score (nSPS) is 12.1. The summed E-state index contributed by atoms with van der Waals surface area (Å²) in [5.74, 6) is 0.324. The van der Waals surface area contributed by atoms with E-state index in [0.717, 1.165) is 22.5 Å². The lowest BCUT2D eigenvalue weighted by Gasteiger charge is -2.19. The number of rotatable bonds is 5. The highest BCUT2D eigenvalue weighted by atomic mass is 19.1. The van der Waals surface area contributed by atoms with Gasteiger partial charge in [0.2, 0.25) is 0 Å². The van der Waals surface area contributed by atoms with Crippen LogP contribution in [0.15, 0.2) is 55.1 Å². The van der Waals surface area contributed by atoms with Crippen molar-refractivity contribution in [3.63, 3.8) is 0 Å². The zero-order chi connectivity index (χ0) is 19.7. The number of ether oxygens (including phenoxy) is 1. The maximum atomic E-state index is 13.9. The van der Waals surface area contributed by atoms with Crippen molar-refractivity contribution in [2.45, 2.75) is 20.0 Å². The molecule has 0 bridgehead atoms. The first-order valence-corrected chi connectivity index (χ1v) is 8.75. The largest absolute Gasteiger partial charge is 0.482 e.